The van der Waals surface area contributed by atoms with E-state index < -0.39 is 6.10 Å². The number of hydrogen-bond donors (Lipinski definition) is 2. The fourth-order valence-electron chi connectivity index (χ4n) is 0.0630. The van der Waals surface area contributed by atoms with Gasteiger partial charge in [-0.1, -0.05) is 0 Å². The third-order valence-corrected chi connectivity index (χ3v) is 0.806. The fourth-order valence-corrected chi connectivity index (χ4v) is 0.189. The number of alkyl halides is 1. The van der Waals surface area contributed by atoms with Crippen molar-refractivity contribution in [2.75, 3.05) is 12.4 Å². The first-order chi connectivity index (χ1) is 2.81. The van der Waals surface area contributed by atoms with Crippen molar-refractivity contribution in [3.63, 3.8) is 0 Å². The number of aliphatic hydroxyl groups is 1. The second-order valence-electron chi connectivity index (χ2n) is 1.04. The Morgan fingerprint density at radius 1 is 1.71 bits per heavy atom. The van der Waals surface area contributed by atoms with Gasteiger partial charge in [0.25, 0.3) is 0 Å². The fraction of sp³-hybridized carbons (Fsp3) is 1.00. The number of halogens is 2. The molecule has 0 saturated heterocycles. The Hall–Kier alpha value is 0.500. The van der Waals surface area contributed by atoms with Crippen LogP contribution in [0.4, 0.5) is 0 Å². The van der Waals surface area contributed by atoms with Crippen LogP contribution in [0.25, 0.3) is 0 Å². The third-order valence-electron chi connectivity index (χ3n) is 0.450. The highest BCUT2D eigenvalue weighted by Crippen LogP contribution is 1.80. The van der Waals surface area contributed by atoms with Crippen molar-refractivity contribution in [2.24, 2.45) is 5.73 Å². The summed E-state index contributed by atoms with van der Waals surface area (Å²) in [4.78, 5) is 0. The molecule has 0 aliphatic heterocycles. The summed E-state index contributed by atoms with van der Waals surface area (Å²) < 4.78 is 0. The van der Waals surface area contributed by atoms with Gasteiger partial charge in [0.05, 0.1) is 6.10 Å². The minimum Gasteiger partial charge on any atom is -0.391 e. The van der Waals surface area contributed by atoms with E-state index in [-0.39, 0.29) is 24.8 Å². The molecule has 0 aromatic heterocycles. The van der Waals surface area contributed by atoms with E-state index in [0.717, 1.165) is 0 Å². The van der Waals surface area contributed by atoms with E-state index in [9.17, 15) is 0 Å². The molecule has 0 spiro atoms. The van der Waals surface area contributed by atoms with E-state index in [1.807, 2.05) is 0 Å². The van der Waals surface area contributed by atoms with Gasteiger partial charge < -0.3 is 10.8 Å². The first kappa shape index (κ1) is 10.5. The van der Waals surface area contributed by atoms with Gasteiger partial charge in [-0.2, -0.15) is 0 Å². The predicted octanol–water partition coefficient (Wildman–Crippen LogP) is -0.0334. The van der Waals surface area contributed by atoms with Crippen LogP contribution < -0.4 is 5.73 Å². The third kappa shape index (κ3) is 6.50. The summed E-state index contributed by atoms with van der Waals surface area (Å²) in [5, 5.41) is 8.41. The molecule has 0 aliphatic rings. The van der Waals surface area contributed by atoms with Crippen LogP contribution in [0.5, 0.6) is 0 Å². The molecule has 0 heterocycles. The normalized spacial score (nSPS) is 12.4. The number of rotatable bonds is 2. The van der Waals surface area contributed by atoms with Crippen LogP contribution in [-0.2, 0) is 0 Å². The van der Waals surface area contributed by atoms with Crippen LogP contribution >= 0.6 is 24.0 Å². The summed E-state index contributed by atoms with van der Waals surface area (Å²) >= 11 is 5.12. The van der Waals surface area contributed by atoms with Gasteiger partial charge in [0.1, 0.15) is 0 Å². The average molecular weight is 146 g/mol. The summed E-state index contributed by atoms with van der Waals surface area (Å²) in [7, 11) is 0. The molecular formula is C3H9Cl2NO. The second kappa shape index (κ2) is 6.50. The van der Waals surface area contributed by atoms with Crippen molar-refractivity contribution < 1.29 is 5.11 Å². The van der Waals surface area contributed by atoms with Crippen LogP contribution in [0, 0.1) is 0 Å². The summed E-state index contributed by atoms with van der Waals surface area (Å²) in [6.07, 6.45) is -0.522. The topological polar surface area (TPSA) is 46.2 Å². The lowest BCUT2D eigenvalue weighted by Gasteiger charge is -1.96. The largest absolute Gasteiger partial charge is 0.391 e. The summed E-state index contributed by atoms with van der Waals surface area (Å²) in [6, 6.07) is 0. The molecule has 0 unspecified atom stereocenters. The highest BCUT2D eigenvalue weighted by molar-refractivity contribution is 6.18. The van der Waals surface area contributed by atoms with Gasteiger partial charge in [-0.25, -0.2) is 0 Å². The molecule has 3 N–H and O–H groups in total. The molecule has 4 heteroatoms. The monoisotopic (exact) mass is 145 g/mol. The predicted molar refractivity (Wildman–Crippen MR) is 33.0 cm³/mol. The summed E-state index contributed by atoms with van der Waals surface area (Å²) in [6.45, 7) is 0.253. The first-order valence-electron chi connectivity index (χ1n) is 1.75. The van der Waals surface area contributed by atoms with E-state index >= 15 is 0 Å². The van der Waals surface area contributed by atoms with Gasteiger partial charge in [-0.05, 0) is 0 Å². The van der Waals surface area contributed by atoms with E-state index in [2.05, 4.69) is 0 Å². The van der Waals surface area contributed by atoms with Gasteiger partial charge in [-0.3, -0.25) is 0 Å². The van der Waals surface area contributed by atoms with Crippen molar-refractivity contribution in [3.05, 3.63) is 0 Å². The van der Waals surface area contributed by atoms with Gasteiger partial charge in [0.15, 0.2) is 0 Å². The Balaban J connectivity index is 0. The van der Waals surface area contributed by atoms with Crippen molar-refractivity contribution >= 4 is 24.0 Å². The molecule has 46 valence electrons. The average Bonchev–Trinajstić information content (AvgIpc) is 1.65. The van der Waals surface area contributed by atoms with E-state index in [1.165, 1.54) is 0 Å². The van der Waals surface area contributed by atoms with Gasteiger partial charge >= 0.3 is 0 Å². The molecule has 0 saturated carbocycles. The lowest BCUT2D eigenvalue weighted by Crippen LogP contribution is -2.20. The van der Waals surface area contributed by atoms with Crippen LogP contribution in [0.2, 0.25) is 0 Å². The Labute approximate surface area is 54.1 Å². The molecule has 0 fully saturated rings. The molecule has 1 atom stereocenters. The summed E-state index contributed by atoms with van der Waals surface area (Å²) in [5.74, 6) is 0.233. The second-order valence-corrected chi connectivity index (χ2v) is 1.35. The number of aliphatic hydroxyl groups excluding tert-OH is 1. The molecule has 0 rings (SSSR count). The molecule has 0 amide bonds. The first-order valence-corrected chi connectivity index (χ1v) is 2.28. The van der Waals surface area contributed by atoms with Crippen LogP contribution in [0.15, 0.2) is 0 Å². The molecule has 0 aromatic carbocycles. The SMILES string of the molecule is Cl.NC[C@@H](O)CCl. The smallest absolute Gasteiger partial charge is 0.0797 e. The van der Waals surface area contributed by atoms with Crippen LogP contribution in [0.3, 0.4) is 0 Å². The van der Waals surface area contributed by atoms with Gasteiger partial charge in [0.2, 0.25) is 0 Å². The van der Waals surface area contributed by atoms with Gasteiger partial charge in [0, 0.05) is 12.4 Å². The van der Waals surface area contributed by atoms with E-state index in [1.54, 1.807) is 0 Å². The Kier molecular flexibility index (Phi) is 9.73. The van der Waals surface area contributed by atoms with Crippen molar-refractivity contribution in [2.45, 2.75) is 6.10 Å². The van der Waals surface area contributed by atoms with Crippen molar-refractivity contribution in [1.82, 2.24) is 0 Å². The standard InChI is InChI=1S/C3H8ClNO.ClH/c4-1-3(6)2-5;/h3,6H,1-2,5H2;1H/t3-;/m0./s1. The van der Waals surface area contributed by atoms with E-state index in [0.29, 0.717) is 0 Å². The van der Waals surface area contributed by atoms with Crippen molar-refractivity contribution in [1.29, 1.82) is 0 Å². The maximum atomic E-state index is 8.41. The number of nitrogens with two attached hydrogens (primary N) is 1. The highest BCUT2D eigenvalue weighted by Gasteiger charge is 1.92. The molecule has 0 aromatic rings. The van der Waals surface area contributed by atoms with Crippen LogP contribution in [0.1, 0.15) is 0 Å². The molecular weight excluding hydrogens is 137 g/mol. The molecule has 7 heavy (non-hydrogen) atoms. The zero-order chi connectivity index (χ0) is 4.99. The molecule has 0 bridgehead atoms. The summed E-state index contributed by atoms with van der Waals surface area (Å²) in [5.41, 5.74) is 4.95. The Morgan fingerprint density at radius 3 is 2.14 bits per heavy atom. The lowest BCUT2D eigenvalue weighted by atomic mass is 10.4. The quantitative estimate of drug-likeness (QED) is 0.537. The minimum atomic E-state index is -0.522. The lowest BCUT2D eigenvalue weighted by molar-refractivity contribution is 0.206. The molecule has 0 radical (unpaired) electrons. The highest BCUT2D eigenvalue weighted by atomic mass is 35.5. The maximum Gasteiger partial charge on any atom is 0.0797 e. The molecule has 2 nitrogen and oxygen atoms in total. The zero-order valence-corrected chi connectivity index (χ0v) is 5.37. The number of hydrogen-bond acceptors (Lipinski definition) is 2. The van der Waals surface area contributed by atoms with Crippen LogP contribution in [-0.4, -0.2) is 23.6 Å². The van der Waals surface area contributed by atoms with Gasteiger partial charge in [-0.15, -0.1) is 24.0 Å². The van der Waals surface area contributed by atoms with E-state index in [4.69, 9.17) is 22.4 Å². The van der Waals surface area contributed by atoms with Crippen molar-refractivity contribution in [3.8, 4) is 0 Å². The zero-order valence-electron chi connectivity index (χ0n) is 3.80. The minimum absolute atomic E-state index is 0. The maximum absolute atomic E-state index is 8.41. The molecule has 0 aliphatic carbocycles. The Bertz CT molecular complexity index is 32.1. The Morgan fingerprint density at radius 2 is 2.14 bits per heavy atom.